The summed E-state index contributed by atoms with van der Waals surface area (Å²) >= 11 is 6.08. The van der Waals surface area contributed by atoms with Gasteiger partial charge in [0.25, 0.3) is 5.56 Å². The Bertz CT molecular complexity index is 1240. The predicted molar refractivity (Wildman–Crippen MR) is 132 cm³/mol. The fraction of sp³-hybridized carbons (Fsp3) is 0.385. The van der Waals surface area contributed by atoms with E-state index in [1.807, 2.05) is 57.2 Å². The first-order valence-electron chi connectivity index (χ1n) is 11.5. The van der Waals surface area contributed by atoms with Crippen LogP contribution in [0.3, 0.4) is 0 Å². The maximum absolute atomic E-state index is 13.6. The molecule has 0 bridgehead atoms. The molecule has 0 aliphatic carbocycles. The zero-order valence-electron chi connectivity index (χ0n) is 19.7. The molecule has 0 fully saturated rings. The standard InChI is InChI=1S/C26H29ClN2O5/c1-4-32-15-16-33-26(31)34-25-23(24(30)28-13-5-6-14-29(25)28)22-17(2)7-12-21(18(22)3)19-8-10-20(27)11-9-19/h7-12H,4-6,13-16H2,1-3H3. The average Bonchev–Trinajstić information content (AvgIpc) is 3.09. The fourth-order valence-electron chi connectivity index (χ4n) is 4.46. The van der Waals surface area contributed by atoms with Crippen LogP contribution >= 0.6 is 11.6 Å². The summed E-state index contributed by atoms with van der Waals surface area (Å²) in [6.07, 6.45) is 0.938. The SMILES string of the molecule is CCOCCOC(=O)Oc1c(-c2c(C)ccc(-c3ccc(Cl)cc3)c2C)c(=O)n2n1CCCC2. The van der Waals surface area contributed by atoms with Gasteiger partial charge in [-0.15, -0.1) is 0 Å². The lowest BCUT2D eigenvalue weighted by Gasteiger charge is -2.19. The number of benzene rings is 2. The third-order valence-corrected chi connectivity index (χ3v) is 6.34. The lowest BCUT2D eigenvalue weighted by Crippen LogP contribution is -2.28. The topological polar surface area (TPSA) is 71.7 Å². The number of carbonyl (C=O) groups is 1. The molecule has 0 N–H and O–H groups in total. The normalized spacial score (nSPS) is 12.9. The van der Waals surface area contributed by atoms with Crippen molar-refractivity contribution in [2.45, 2.75) is 46.7 Å². The largest absolute Gasteiger partial charge is 0.515 e. The van der Waals surface area contributed by atoms with Crippen LogP contribution < -0.4 is 10.3 Å². The molecule has 0 unspecified atom stereocenters. The van der Waals surface area contributed by atoms with Crippen LogP contribution in [0.25, 0.3) is 22.3 Å². The van der Waals surface area contributed by atoms with Gasteiger partial charge in [-0.1, -0.05) is 35.9 Å². The predicted octanol–water partition coefficient (Wildman–Crippen LogP) is 5.60. The van der Waals surface area contributed by atoms with Gasteiger partial charge in [-0.2, -0.15) is 0 Å². The number of fused-ring (bicyclic) bond motifs is 1. The Morgan fingerprint density at radius 3 is 2.38 bits per heavy atom. The molecule has 2 aromatic carbocycles. The number of aryl methyl sites for hydroxylation is 1. The number of rotatable bonds is 7. The molecule has 0 atom stereocenters. The molecule has 7 nitrogen and oxygen atoms in total. The Hall–Kier alpha value is -3.03. The highest BCUT2D eigenvalue weighted by atomic mass is 35.5. The van der Waals surface area contributed by atoms with E-state index in [1.165, 1.54) is 0 Å². The van der Waals surface area contributed by atoms with Gasteiger partial charge in [-0.3, -0.25) is 9.48 Å². The van der Waals surface area contributed by atoms with Crippen molar-refractivity contribution in [3.63, 3.8) is 0 Å². The minimum Gasteiger partial charge on any atom is -0.431 e. The van der Waals surface area contributed by atoms with Crippen LogP contribution in [0.15, 0.2) is 41.2 Å². The number of aromatic nitrogens is 2. The fourth-order valence-corrected chi connectivity index (χ4v) is 4.59. The van der Waals surface area contributed by atoms with Crippen LogP contribution in [0.4, 0.5) is 4.79 Å². The molecule has 1 aliphatic heterocycles. The first-order valence-corrected chi connectivity index (χ1v) is 11.9. The highest BCUT2D eigenvalue weighted by Crippen LogP contribution is 2.38. The maximum atomic E-state index is 13.6. The first kappa shape index (κ1) is 24.1. The molecule has 0 spiro atoms. The van der Waals surface area contributed by atoms with E-state index in [9.17, 15) is 9.59 Å². The van der Waals surface area contributed by atoms with Crippen LogP contribution in [0, 0.1) is 13.8 Å². The second kappa shape index (κ2) is 10.5. The van der Waals surface area contributed by atoms with Gasteiger partial charge in [0.1, 0.15) is 12.2 Å². The van der Waals surface area contributed by atoms with Crippen LogP contribution in [0.5, 0.6) is 5.88 Å². The minimum atomic E-state index is -0.850. The van der Waals surface area contributed by atoms with Crippen molar-refractivity contribution in [2.75, 3.05) is 19.8 Å². The highest BCUT2D eigenvalue weighted by molar-refractivity contribution is 6.30. The van der Waals surface area contributed by atoms with Crippen LogP contribution in [-0.2, 0) is 22.6 Å². The lowest BCUT2D eigenvalue weighted by atomic mass is 9.90. The Morgan fingerprint density at radius 2 is 1.68 bits per heavy atom. The van der Waals surface area contributed by atoms with Crippen LogP contribution in [-0.4, -0.2) is 35.3 Å². The monoisotopic (exact) mass is 484 g/mol. The zero-order chi connectivity index (χ0) is 24.2. The van der Waals surface area contributed by atoms with E-state index in [0.717, 1.165) is 40.7 Å². The minimum absolute atomic E-state index is 0.0804. The van der Waals surface area contributed by atoms with Crippen LogP contribution in [0.1, 0.15) is 30.9 Å². The summed E-state index contributed by atoms with van der Waals surface area (Å²) in [6.45, 7) is 7.87. The molecule has 3 aromatic rings. The number of hydrogen-bond donors (Lipinski definition) is 0. The van der Waals surface area contributed by atoms with Gasteiger partial charge < -0.3 is 14.2 Å². The molecule has 1 aliphatic rings. The van der Waals surface area contributed by atoms with E-state index in [1.54, 1.807) is 9.36 Å². The van der Waals surface area contributed by atoms with E-state index < -0.39 is 6.16 Å². The third-order valence-electron chi connectivity index (χ3n) is 6.09. The molecule has 180 valence electrons. The van der Waals surface area contributed by atoms with Crippen molar-refractivity contribution in [1.82, 2.24) is 9.36 Å². The van der Waals surface area contributed by atoms with Crippen molar-refractivity contribution in [1.29, 1.82) is 0 Å². The van der Waals surface area contributed by atoms with E-state index in [0.29, 0.717) is 30.3 Å². The van der Waals surface area contributed by atoms with Crippen molar-refractivity contribution >= 4 is 17.8 Å². The van der Waals surface area contributed by atoms with Crippen molar-refractivity contribution < 1.29 is 19.0 Å². The van der Waals surface area contributed by atoms with Gasteiger partial charge in [-0.25, -0.2) is 9.48 Å². The Labute approximate surface area is 203 Å². The molecule has 0 amide bonds. The Morgan fingerprint density at radius 1 is 0.971 bits per heavy atom. The van der Waals surface area contributed by atoms with Crippen LogP contribution in [0.2, 0.25) is 5.02 Å². The molecule has 0 saturated heterocycles. The van der Waals surface area contributed by atoms with E-state index in [4.69, 9.17) is 25.8 Å². The molecule has 34 heavy (non-hydrogen) atoms. The van der Waals surface area contributed by atoms with E-state index >= 15 is 0 Å². The number of ether oxygens (including phenoxy) is 3. The van der Waals surface area contributed by atoms with Crippen molar-refractivity contribution in [2.24, 2.45) is 0 Å². The van der Waals surface area contributed by atoms with Gasteiger partial charge in [0.2, 0.25) is 5.88 Å². The summed E-state index contributed by atoms with van der Waals surface area (Å²) in [5.74, 6) is 0.227. The molecular formula is C26H29ClN2O5. The van der Waals surface area contributed by atoms with Gasteiger partial charge in [0, 0.05) is 24.7 Å². The molecule has 1 aromatic heterocycles. The van der Waals surface area contributed by atoms with E-state index in [2.05, 4.69) is 0 Å². The summed E-state index contributed by atoms with van der Waals surface area (Å²) in [4.78, 5) is 26.1. The second-order valence-electron chi connectivity index (χ2n) is 8.27. The Balaban J connectivity index is 1.81. The second-order valence-corrected chi connectivity index (χ2v) is 8.71. The summed E-state index contributed by atoms with van der Waals surface area (Å²) in [5.41, 5.74) is 4.80. The average molecular weight is 485 g/mol. The number of halogens is 1. The molecule has 0 radical (unpaired) electrons. The number of carbonyl (C=O) groups excluding carboxylic acids is 1. The Kier molecular flexibility index (Phi) is 7.44. The van der Waals surface area contributed by atoms with Crippen molar-refractivity contribution in [3.05, 3.63) is 62.9 Å². The molecule has 0 saturated carbocycles. The summed E-state index contributed by atoms with van der Waals surface area (Å²) in [7, 11) is 0. The van der Waals surface area contributed by atoms with E-state index in [-0.39, 0.29) is 24.7 Å². The van der Waals surface area contributed by atoms with Crippen molar-refractivity contribution in [3.8, 4) is 28.1 Å². The van der Waals surface area contributed by atoms with Gasteiger partial charge in [0.05, 0.1) is 6.61 Å². The summed E-state index contributed by atoms with van der Waals surface area (Å²) in [5, 5.41) is 0.658. The van der Waals surface area contributed by atoms with Gasteiger partial charge in [0.15, 0.2) is 0 Å². The quantitative estimate of drug-likeness (QED) is 0.322. The highest BCUT2D eigenvalue weighted by Gasteiger charge is 2.29. The lowest BCUT2D eigenvalue weighted by molar-refractivity contribution is 0.0537. The maximum Gasteiger partial charge on any atom is 0.515 e. The summed E-state index contributed by atoms with van der Waals surface area (Å²) in [6, 6.07) is 11.6. The third kappa shape index (κ3) is 4.76. The molecular weight excluding hydrogens is 456 g/mol. The summed E-state index contributed by atoms with van der Waals surface area (Å²) < 4.78 is 19.5. The molecule has 8 heteroatoms. The molecule has 4 rings (SSSR count). The first-order chi connectivity index (χ1) is 16.4. The number of nitrogens with zero attached hydrogens (tertiary/aromatic N) is 2. The van der Waals surface area contributed by atoms with Gasteiger partial charge >= 0.3 is 6.16 Å². The smallest absolute Gasteiger partial charge is 0.431 e. The van der Waals surface area contributed by atoms with Gasteiger partial charge in [-0.05, 0) is 73.6 Å². The molecule has 2 heterocycles. The zero-order valence-corrected chi connectivity index (χ0v) is 20.5. The number of hydrogen-bond acceptors (Lipinski definition) is 5.